The van der Waals surface area contributed by atoms with E-state index < -0.39 is 0 Å². The molecule has 0 N–H and O–H groups in total. The van der Waals surface area contributed by atoms with Crippen molar-refractivity contribution < 1.29 is 0 Å². The van der Waals surface area contributed by atoms with E-state index >= 15 is 0 Å². The molecule has 0 saturated carbocycles. The van der Waals surface area contributed by atoms with Gasteiger partial charge in [-0.05, 0) is 128 Å². The van der Waals surface area contributed by atoms with Gasteiger partial charge in [0.15, 0.2) is 0 Å². The van der Waals surface area contributed by atoms with E-state index in [1.165, 1.54) is 0 Å². The summed E-state index contributed by atoms with van der Waals surface area (Å²) in [6, 6.07) is 71.1. The normalized spacial score (nSPS) is 11.4. The van der Waals surface area contributed by atoms with Gasteiger partial charge >= 0.3 is 0 Å². The van der Waals surface area contributed by atoms with E-state index in [9.17, 15) is 10.5 Å². The number of aromatic nitrogens is 1. The number of aryl methyl sites for hydroxylation is 2. The van der Waals surface area contributed by atoms with E-state index in [1.54, 1.807) is 0 Å². The fourth-order valence-electron chi connectivity index (χ4n) is 9.83. The molecule has 0 amide bonds. The Labute approximate surface area is 354 Å². The topological polar surface area (TPSA) is 52.0 Å². The number of hydrogen-bond acceptors (Lipinski definition) is 2. The third-order valence-electron chi connectivity index (χ3n) is 12.4. The van der Waals surface area contributed by atoms with Crippen LogP contribution >= 0.6 is 0 Å². The Kier molecular flexibility index (Phi) is 8.38. The van der Waals surface area contributed by atoms with E-state index in [1.807, 2.05) is 24.3 Å². The van der Waals surface area contributed by atoms with Crippen LogP contribution in [0, 0.1) is 36.5 Å². The Bertz CT molecular complexity index is 3350. The predicted octanol–water partition coefficient (Wildman–Crippen LogP) is 15.2. The third kappa shape index (κ3) is 5.71. The van der Waals surface area contributed by atoms with Gasteiger partial charge in [-0.1, -0.05) is 152 Å². The van der Waals surface area contributed by atoms with Crippen LogP contribution in [0.15, 0.2) is 188 Å². The van der Waals surface area contributed by atoms with Gasteiger partial charge < -0.3 is 4.40 Å². The van der Waals surface area contributed by atoms with Crippen LogP contribution in [0.3, 0.4) is 0 Å². The Morgan fingerprint density at radius 3 is 1.11 bits per heavy atom. The highest BCUT2D eigenvalue weighted by molar-refractivity contribution is 6.29. The molecule has 0 bridgehead atoms. The van der Waals surface area contributed by atoms with Gasteiger partial charge in [0.25, 0.3) is 0 Å². The second-order valence-corrected chi connectivity index (χ2v) is 16.0. The molecule has 3 heteroatoms. The molecule has 0 atom stereocenters. The minimum atomic E-state index is 0.581. The molecule has 0 aliphatic rings. The summed E-state index contributed by atoms with van der Waals surface area (Å²) in [5, 5.41) is 25.8. The molecule has 0 radical (unpaired) electrons. The van der Waals surface area contributed by atoms with Crippen molar-refractivity contribution in [2.45, 2.75) is 13.8 Å². The maximum atomic E-state index is 10.7. The van der Waals surface area contributed by atoms with Crippen LogP contribution in [0.1, 0.15) is 22.3 Å². The molecule has 0 aliphatic carbocycles. The zero-order valence-electron chi connectivity index (χ0n) is 33.7. The van der Waals surface area contributed by atoms with Gasteiger partial charge in [-0.15, -0.1) is 0 Å². The lowest BCUT2D eigenvalue weighted by molar-refractivity contribution is 1.36. The second kappa shape index (κ2) is 14.2. The maximum absolute atomic E-state index is 10.7. The van der Waals surface area contributed by atoms with E-state index in [0.717, 1.165) is 116 Å². The van der Waals surface area contributed by atoms with Crippen molar-refractivity contribution in [3.63, 3.8) is 0 Å². The van der Waals surface area contributed by atoms with Crippen LogP contribution in [0.25, 0.3) is 105 Å². The van der Waals surface area contributed by atoms with E-state index in [-0.39, 0.29) is 0 Å². The molecular weight excluding hydrogens is 739 g/mol. The van der Waals surface area contributed by atoms with Gasteiger partial charge in [-0.3, -0.25) is 0 Å². The van der Waals surface area contributed by atoms with Gasteiger partial charge in [0.2, 0.25) is 0 Å². The van der Waals surface area contributed by atoms with Crippen molar-refractivity contribution in [3.05, 3.63) is 210 Å². The summed E-state index contributed by atoms with van der Waals surface area (Å²) in [6.07, 6.45) is 0. The minimum absolute atomic E-state index is 0.581. The quantitative estimate of drug-likeness (QED) is 0.169. The standard InChI is InChI=1S/C58H37N3/c1-36-26-44(40-16-7-3-8-17-40)32-48(42-20-11-5-12-21-42)54(36)50-28-38(34-59)30-52-56(50)46-24-15-25-47-57-51(29-39(35-60)31-53(57)61(52)58(46)47)55-37(2)27-45(41-18-9-4-10-19-41)33-49(55)43-22-13-6-14-23-43/h3-33H,1-2H3. The van der Waals surface area contributed by atoms with E-state index in [0.29, 0.717) is 11.1 Å². The van der Waals surface area contributed by atoms with E-state index in [4.69, 9.17) is 0 Å². The summed E-state index contributed by atoms with van der Waals surface area (Å²) < 4.78 is 2.32. The number of hydrogen-bond donors (Lipinski definition) is 0. The molecule has 9 aromatic carbocycles. The fraction of sp³-hybridized carbons (Fsp3) is 0.0345. The monoisotopic (exact) mass is 775 g/mol. The molecule has 0 spiro atoms. The Morgan fingerprint density at radius 1 is 0.361 bits per heavy atom. The second-order valence-electron chi connectivity index (χ2n) is 16.0. The zero-order valence-corrected chi connectivity index (χ0v) is 33.7. The zero-order chi connectivity index (χ0) is 41.2. The maximum Gasteiger partial charge on any atom is 0.0992 e. The van der Waals surface area contributed by atoms with Crippen LogP contribution in [0.5, 0.6) is 0 Å². The van der Waals surface area contributed by atoms with Gasteiger partial charge in [-0.25, -0.2) is 0 Å². The molecule has 0 saturated heterocycles. The highest BCUT2D eigenvalue weighted by Crippen LogP contribution is 2.50. The first-order chi connectivity index (χ1) is 30.0. The van der Waals surface area contributed by atoms with Gasteiger partial charge in [-0.2, -0.15) is 10.5 Å². The lowest BCUT2D eigenvalue weighted by Crippen LogP contribution is -1.95. The van der Waals surface area contributed by atoms with Crippen molar-refractivity contribution in [3.8, 4) is 78.9 Å². The number of rotatable bonds is 6. The average molecular weight is 776 g/mol. The first kappa shape index (κ1) is 35.9. The smallest absolute Gasteiger partial charge is 0.0992 e. The Morgan fingerprint density at radius 2 is 0.738 bits per heavy atom. The largest absolute Gasteiger partial charge is 0.308 e. The van der Waals surface area contributed by atoms with Gasteiger partial charge in [0, 0.05) is 21.5 Å². The number of nitrogens with zero attached hydrogens (tertiary/aromatic N) is 3. The summed E-state index contributed by atoms with van der Waals surface area (Å²) in [7, 11) is 0. The number of benzene rings is 9. The fourth-order valence-corrected chi connectivity index (χ4v) is 9.83. The third-order valence-corrected chi connectivity index (χ3v) is 12.4. The van der Waals surface area contributed by atoms with Crippen molar-refractivity contribution in [2.75, 3.05) is 0 Å². The molecule has 0 fully saturated rings. The summed E-state index contributed by atoms with van der Waals surface area (Å²) in [5.41, 5.74) is 19.7. The van der Waals surface area contributed by atoms with Crippen molar-refractivity contribution in [1.29, 1.82) is 10.5 Å². The van der Waals surface area contributed by atoms with Crippen molar-refractivity contribution in [1.82, 2.24) is 4.40 Å². The molecule has 0 unspecified atom stereocenters. The first-order valence-corrected chi connectivity index (χ1v) is 20.6. The average Bonchev–Trinajstić information content (AvgIpc) is 3.84. The SMILES string of the molecule is Cc1cc(-c2ccccc2)cc(-c2ccccc2)c1-c1cc(C#N)cc2c1c1cccc3c4c(-c5c(C)cc(-c6ccccc6)cc5-c5ccccc5)cc(C#N)cc4n2c13. The molecule has 3 nitrogen and oxygen atoms in total. The molecular formula is C58H37N3. The summed E-state index contributed by atoms with van der Waals surface area (Å²) >= 11 is 0. The van der Waals surface area contributed by atoms with Gasteiger partial charge in [0.1, 0.15) is 0 Å². The lowest BCUT2D eigenvalue weighted by Gasteiger charge is -2.19. The predicted molar refractivity (Wildman–Crippen MR) is 253 cm³/mol. The van der Waals surface area contributed by atoms with Crippen LogP contribution in [-0.2, 0) is 0 Å². The molecule has 2 heterocycles. The lowest BCUT2D eigenvalue weighted by atomic mass is 9.84. The van der Waals surface area contributed by atoms with E-state index in [2.05, 4.69) is 194 Å². The molecule has 61 heavy (non-hydrogen) atoms. The molecule has 2 aromatic heterocycles. The van der Waals surface area contributed by atoms with Crippen molar-refractivity contribution in [2.24, 2.45) is 0 Å². The van der Waals surface area contributed by atoms with Crippen LogP contribution < -0.4 is 0 Å². The van der Waals surface area contributed by atoms with Gasteiger partial charge in [0.05, 0.1) is 39.8 Å². The molecule has 0 aliphatic heterocycles. The molecule has 11 aromatic rings. The van der Waals surface area contributed by atoms with Crippen LogP contribution in [0.4, 0.5) is 0 Å². The summed E-state index contributed by atoms with van der Waals surface area (Å²) in [4.78, 5) is 0. The van der Waals surface area contributed by atoms with Crippen LogP contribution in [0.2, 0.25) is 0 Å². The number of fused-ring (bicyclic) bond motifs is 6. The first-order valence-electron chi connectivity index (χ1n) is 20.6. The van der Waals surface area contributed by atoms with Crippen molar-refractivity contribution >= 4 is 38.1 Å². The highest BCUT2D eigenvalue weighted by atomic mass is 14.9. The highest BCUT2D eigenvalue weighted by Gasteiger charge is 2.26. The summed E-state index contributed by atoms with van der Waals surface area (Å²) in [5.74, 6) is 0. The van der Waals surface area contributed by atoms with Crippen LogP contribution in [-0.4, -0.2) is 4.40 Å². The minimum Gasteiger partial charge on any atom is -0.308 e. The molecule has 11 rings (SSSR count). The Hall–Kier alpha value is -8.24. The molecule has 284 valence electrons. The Balaban J connectivity index is 1.25. The number of para-hydroxylation sites is 1. The number of nitriles is 2. The summed E-state index contributed by atoms with van der Waals surface area (Å²) in [6.45, 7) is 4.37.